The number of amides is 2. The Hall–Kier alpha value is -2.68. The highest BCUT2D eigenvalue weighted by molar-refractivity contribution is 6.48. The SMILES string of the molecule is COCC(NC(=O)c1ccccc1)C(=O)NC(CCCc1ccccc1)B1OC(C)(C)C(C)(C)O1. The van der Waals surface area contributed by atoms with Crippen molar-refractivity contribution in [1.29, 1.82) is 0 Å². The number of nitrogens with one attached hydrogen (secondary N) is 2. The molecule has 0 aromatic heterocycles. The van der Waals surface area contributed by atoms with Gasteiger partial charge in [-0.1, -0.05) is 48.5 Å². The summed E-state index contributed by atoms with van der Waals surface area (Å²) in [5.74, 6) is -1.06. The molecule has 2 atom stereocenters. The lowest BCUT2D eigenvalue weighted by Crippen LogP contribution is -2.56. The number of hydrogen-bond donors (Lipinski definition) is 2. The zero-order valence-electron chi connectivity index (χ0n) is 21.4. The zero-order valence-corrected chi connectivity index (χ0v) is 21.4. The highest BCUT2D eigenvalue weighted by Crippen LogP contribution is 2.38. The van der Waals surface area contributed by atoms with E-state index in [4.69, 9.17) is 14.0 Å². The highest BCUT2D eigenvalue weighted by Gasteiger charge is 2.54. The second kappa shape index (κ2) is 11.8. The number of carbonyl (C=O) groups excluding carboxylic acids is 2. The molecule has 188 valence electrons. The van der Waals surface area contributed by atoms with Gasteiger partial charge in [0.1, 0.15) is 6.04 Å². The van der Waals surface area contributed by atoms with Gasteiger partial charge in [-0.25, -0.2) is 0 Å². The molecule has 2 aromatic carbocycles. The summed E-state index contributed by atoms with van der Waals surface area (Å²) in [4.78, 5) is 26.0. The van der Waals surface area contributed by atoms with Gasteiger partial charge in [-0.2, -0.15) is 0 Å². The van der Waals surface area contributed by atoms with E-state index in [0.717, 1.165) is 12.8 Å². The number of carbonyl (C=O) groups is 2. The summed E-state index contributed by atoms with van der Waals surface area (Å²) in [5.41, 5.74) is 0.673. The molecule has 0 aliphatic carbocycles. The van der Waals surface area contributed by atoms with E-state index < -0.39 is 24.4 Å². The van der Waals surface area contributed by atoms with Gasteiger partial charge in [-0.05, 0) is 64.7 Å². The Bertz CT molecular complexity index is 952. The number of methoxy groups -OCH3 is 1. The summed E-state index contributed by atoms with van der Waals surface area (Å²) in [6, 6.07) is 18.2. The largest absolute Gasteiger partial charge is 0.481 e. The molecule has 2 N–H and O–H groups in total. The third kappa shape index (κ3) is 7.16. The van der Waals surface area contributed by atoms with Crippen LogP contribution in [0.15, 0.2) is 60.7 Å². The van der Waals surface area contributed by atoms with Crippen LogP contribution < -0.4 is 10.6 Å². The van der Waals surface area contributed by atoms with Crippen molar-refractivity contribution in [2.45, 2.75) is 70.1 Å². The van der Waals surface area contributed by atoms with Crippen molar-refractivity contribution in [1.82, 2.24) is 10.6 Å². The molecular weight excluding hydrogens is 443 g/mol. The molecule has 2 amide bonds. The van der Waals surface area contributed by atoms with Crippen molar-refractivity contribution < 1.29 is 23.6 Å². The number of benzene rings is 2. The molecule has 0 saturated carbocycles. The predicted octanol–water partition coefficient (Wildman–Crippen LogP) is 3.57. The second-order valence-corrected chi connectivity index (χ2v) is 9.97. The van der Waals surface area contributed by atoms with E-state index in [1.165, 1.54) is 12.7 Å². The monoisotopic (exact) mass is 480 g/mol. The third-order valence-electron chi connectivity index (χ3n) is 6.74. The first-order valence-electron chi connectivity index (χ1n) is 12.2. The number of aryl methyl sites for hydroxylation is 1. The summed E-state index contributed by atoms with van der Waals surface area (Å²) in [6.07, 6.45) is 2.37. The maximum atomic E-state index is 13.3. The molecule has 0 bridgehead atoms. The quantitative estimate of drug-likeness (QED) is 0.481. The number of rotatable bonds is 11. The van der Waals surface area contributed by atoms with Gasteiger partial charge in [-0.15, -0.1) is 0 Å². The van der Waals surface area contributed by atoms with E-state index in [2.05, 4.69) is 22.8 Å². The van der Waals surface area contributed by atoms with E-state index in [9.17, 15) is 9.59 Å². The Morgan fingerprint density at radius 1 is 0.914 bits per heavy atom. The predicted molar refractivity (Wildman–Crippen MR) is 137 cm³/mol. The Balaban J connectivity index is 1.71. The molecule has 1 saturated heterocycles. The molecule has 0 spiro atoms. The van der Waals surface area contributed by atoms with Crippen molar-refractivity contribution in [3.63, 3.8) is 0 Å². The van der Waals surface area contributed by atoms with Crippen molar-refractivity contribution >= 4 is 18.9 Å². The maximum Gasteiger partial charge on any atom is 0.481 e. The van der Waals surface area contributed by atoms with Gasteiger partial charge in [0.2, 0.25) is 5.91 Å². The van der Waals surface area contributed by atoms with Crippen molar-refractivity contribution in [2.75, 3.05) is 13.7 Å². The van der Waals surface area contributed by atoms with Crippen LogP contribution in [-0.2, 0) is 25.3 Å². The van der Waals surface area contributed by atoms with Crippen LogP contribution in [0.5, 0.6) is 0 Å². The summed E-state index contributed by atoms with van der Waals surface area (Å²) in [7, 11) is 0.897. The Morgan fingerprint density at radius 3 is 2.06 bits per heavy atom. The lowest BCUT2D eigenvalue weighted by Gasteiger charge is -2.32. The van der Waals surface area contributed by atoms with E-state index >= 15 is 0 Å². The van der Waals surface area contributed by atoms with Crippen molar-refractivity contribution in [2.24, 2.45) is 0 Å². The van der Waals surface area contributed by atoms with Crippen LogP contribution in [0.25, 0.3) is 0 Å². The fourth-order valence-corrected chi connectivity index (χ4v) is 3.96. The topological polar surface area (TPSA) is 85.9 Å². The van der Waals surface area contributed by atoms with Gasteiger partial charge in [-0.3, -0.25) is 9.59 Å². The molecule has 1 aliphatic rings. The molecule has 1 fully saturated rings. The van der Waals surface area contributed by atoms with Crippen molar-refractivity contribution in [3.8, 4) is 0 Å². The summed E-state index contributed by atoms with van der Waals surface area (Å²) >= 11 is 0. The molecule has 2 unspecified atom stereocenters. The van der Waals surface area contributed by atoms with Crippen LogP contribution in [0.1, 0.15) is 56.5 Å². The first-order valence-corrected chi connectivity index (χ1v) is 12.2. The molecular formula is C27H37BN2O5. The van der Waals surface area contributed by atoms with Gasteiger partial charge in [0.25, 0.3) is 5.91 Å². The van der Waals surface area contributed by atoms with E-state index in [1.807, 2.05) is 52.0 Å². The standard InChI is InChI=1S/C27H37BN2O5/c1-26(2)27(3,4)35-28(34-26)23(18-12-15-20-13-8-6-9-14-20)30-25(32)22(19-33-5)29-24(31)21-16-10-7-11-17-21/h6-11,13-14,16-17,22-23H,12,15,18-19H2,1-5H3,(H,29,31)(H,30,32). The summed E-state index contributed by atoms with van der Waals surface area (Å²) in [6.45, 7) is 8.01. The van der Waals surface area contributed by atoms with Gasteiger partial charge in [0.15, 0.2) is 0 Å². The number of hydrogen-bond acceptors (Lipinski definition) is 5. The van der Waals surface area contributed by atoms with E-state index in [-0.39, 0.29) is 24.4 Å². The minimum atomic E-state index is -0.855. The first-order chi connectivity index (χ1) is 16.6. The minimum Gasteiger partial charge on any atom is -0.402 e. The van der Waals surface area contributed by atoms with Gasteiger partial charge < -0.3 is 24.7 Å². The Kier molecular flexibility index (Phi) is 9.11. The molecule has 35 heavy (non-hydrogen) atoms. The molecule has 0 radical (unpaired) electrons. The van der Waals surface area contributed by atoms with E-state index in [1.54, 1.807) is 24.3 Å². The van der Waals surface area contributed by atoms with Crippen molar-refractivity contribution in [3.05, 3.63) is 71.8 Å². The average molecular weight is 480 g/mol. The molecule has 2 aromatic rings. The molecule has 1 aliphatic heterocycles. The third-order valence-corrected chi connectivity index (χ3v) is 6.74. The summed E-state index contributed by atoms with van der Waals surface area (Å²) < 4.78 is 17.8. The smallest absolute Gasteiger partial charge is 0.402 e. The minimum absolute atomic E-state index is 0.0461. The molecule has 1 heterocycles. The Labute approximate surface area is 209 Å². The number of ether oxygens (including phenoxy) is 1. The summed E-state index contributed by atoms with van der Waals surface area (Å²) in [5, 5.41) is 5.87. The van der Waals surface area contributed by atoms with Crippen LogP contribution >= 0.6 is 0 Å². The molecule has 3 rings (SSSR count). The van der Waals surface area contributed by atoms with Crippen LogP contribution in [0.4, 0.5) is 0 Å². The second-order valence-electron chi connectivity index (χ2n) is 9.97. The molecule has 8 heteroatoms. The highest BCUT2D eigenvalue weighted by atomic mass is 16.7. The van der Waals surface area contributed by atoms with Gasteiger partial charge in [0.05, 0.1) is 23.8 Å². The first kappa shape index (κ1) is 26.9. The normalized spacial score (nSPS) is 18.0. The van der Waals surface area contributed by atoms with Crippen LogP contribution in [0.3, 0.4) is 0 Å². The zero-order chi connectivity index (χ0) is 25.5. The molecule has 7 nitrogen and oxygen atoms in total. The fourth-order valence-electron chi connectivity index (χ4n) is 3.96. The van der Waals surface area contributed by atoms with Gasteiger partial charge >= 0.3 is 7.12 Å². The lowest BCUT2D eigenvalue weighted by atomic mass is 9.75. The van der Waals surface area contributed by atoms with Crippen LogP contribution in [0, 0.1) is 0 Å². The maximum absolute atomic E-state index is 13.3. The average Bonchev–Trinajstić information content (AvgIpc) is 3.05. The van der Waals surface area contributed by atoms with Gasteiger partial charge in [0, 0.05) is 12.7 Å². The van der Waals surface area contributed by atoms with E-state index in [0.29, 0.717) is 12.0 Å². The fraction of sp³-hybridized carbons (Fsp3) is 0.481. The van der Waals surface area contributed by atoms with Crippen LogP contribution in [0.2, 0.25) is 0 Å². The lowest BCUT2D eigenvalue weighted by molar-refractivity contribution is -0.124. The van der Waals surface area contributed by atoms with Crippen LogP contribution in [-0.4, -0.2) is 55.8 Å². The Morgan fingerprint density at radius 2 is 1.49 bits per heavy atom.